The van der Waals surface area contributed by atoms with Crippen molar-refractivity contribution in [1.29, 1.82) is 0 Å². The van der Waals surface area contributed by atoms with E-state index in [1.807, 2.05) is 11.8 Å². The molecule has 0 spiro atoms. The van der Waals surface area contributed by atoms with Crippen LogP contribution in [-0.2, 0) is 0 Å². The van der Waals surface area contributed by atoms with Gasteiger partial charge in [-0.1, -0.05) is 25.6 Å². The second kappa shape index (κ2) is 5.48. The number of hydrogen-bond acceptors (Lipinski definition) is 3. The zero-order valence-corrected chi connectivity index (χ0v) is 11.2. The summed E-state index contributed by atoms with van der Waals surface area (Å²) in [6.45, 7) is 5.58. The van der Waals surface area contributed by atoms with E-state index in [4.69, 9.17) is 4.99 Å². The molecule has 2 unspecified atom stereocenters. The topological polar surface area (TPSA) is 24.4 Å². The van der Waals surface area contributed by atoms with Gasteiger partial charge in [0.2, 0.25) is 0 Å². The highest BCUT2D eigenvalue weighted by molar-refractivity contribution is 8.14. The molecule has 86 valence electrons. The maximum absolute atomic E-state index is 4.69. The fourth-order valence-corrected chi connectivity index (χ4v) is 4.28. The Kier molecular flexibility index (Phi) is 4.26. The molecule has 0 saturated carbocycles. The van der Waals surface area contributed by atoms with Gasteiger partial charge in [0.1, 0.15) is 0 Å². The zero-order valence-electron chi connectivity index (χ0n) is 9.53. The van der Waals surface area contributed by atoms with E-state index >= 15 is 0 Å². The molecule has 2 saturated heterocycles. The third-order valence-electron chi connectivity index (χ3n) is 3.03. The Labute approximate surface area is 101 Å². The van der Waals surface area contributed by atoms with Crippen molar-refractivity contribution in [2.45, 2.75) is 26.3 Å². The molecule has 2 rings (SSSR count). The monoisotopic (exact) mass is 244 g/mol. The van der Waals surface area contributed by atoms with E-state index in [2.05, 4.69) is 30.9 Å². The highest BCUT2D eigenvalue weighted by Crippen LogP contribution is 2.24. The molecule has 0 aliphatic carbocycles. The van der Waals surface area contributed by atoms with Gasteiger partial charge in [-0.2, -0.15) is 11.8 Å². The van der Waals surface area contributed by atoms with E-state index in [0.717, 1.165) is 12.5 Å². The van der Waals surface area contributed by atoms with Crippen molar-refractivity contribution in [3.63, 3.8) is 0 Å². The molecule has 0 aromatic carbocycles. The molecule has 4 heteroatoms. The van der Waals surface area contributed by atoms with Crippen LogP contribution in [0.3, 0.4) is 0 Å². The molecule has 15 heavy (non-hydrogen) atoms. The summed E-state index contributed by atoms with van der Waals surface area (Å²) in [5.74, 6) is 5.39. The first kappa shape index (κ1) is 11.6. The maximum Gasteiger partial charge on any atom is 0.156 e. The van der Waals surface area contributed by atoms with Gasteiger partial charge in [0, 0.05) is 18.3 Å². The number of nitrogens with one attached hydrogen (secondary N) is 1. The first-order chi connectivity index (χ1) is 7.25. The zero-order chi connectivity index (χ0) is 10.7. The minimum Gasteiger partial charge on any atom is -0.361 e. The van der Waals surface area contributed by atoms with Crippen molar-refractivity contribution in [2.24, 2.45) is 16.8 Å². The van der Waals surface area contributed by atoms with E-state index < -0.39 is 0 Å². The quantitative estimate of drug-likeness (QED) is 0.825. The maximum atomic E-state index is 4.69. The Morgan fingerprint density at radius 1 is 1.47 bits per heavy atom. The van der Waals surface area contributed by atoms with Gasteiger partial charge < -0.3 is 5.32 Å². The third-order valence-corrected chi connectivity index (χ3v) is 5.31. The van der Waals surface area contributed by atoms with Crippen molar-refractivity contribution in [3.8, 4) is 0 Å². The molecule has 1 N–H and O–H groups in total. The number of rotatable bonds is 3. The van der Waals surface area contributed by atoms with Crippen molar-refractivity contribution in [1.82, 2.24) is 5.32 Å². The summed E-state index contributed by atoms with van der Waals surface area (Å²) in [5.41, 5.74) is 0. The molecule has 2 aliphatic rings. The average Bonchev–Trinajstić information content (AvgIpc) is 2.86. The van der Waals surface area contributed by atoms with Crippen LogP contribution in [0.4, 0.5) is 0 Å². The van der Waals surface area contributed by atoms with E-state index in [1.165, 1.54) is 28.8 Å². The predicted octanol–water partition coefficient (Wildman–Crippen LogP) is 2.46. The predicted molar refractivity (Wildman–Crippen MR) is 72.0 cm³/mol. The Bertz CT molecular complexity index is 235. The summed E-state index contributed by atoms with van der Waals surface area (Å²) in [6, 6.07) is 0.631. The van der Waals surface area contributed by atoms with Crippen LogP contribution in [-0.4, -0.2) is 35.0 Å². The molecule has 2 heterocycles. The standard InChI is InChI=1S/C11H20N2S2/c1-8(2)10-7-15-11(13-10)12-5-9-3-4-14-6-9/h8-10H,3-7H2,1-2H3,(H,12,13). The molecular weight excluding hydrogens is 224 g/mol. The Morgan fingerprint density at radius 2 is 2.33 bits per heavy atom. The first-order valence-corrected chi connectivity index (χ1v) is 7.91. The van der Waals surface area contributed by atoms with Gasteiger partial charge in [-0.25, -0.2) is 0 Å². The van der Waals surface area contributed by atoms with Crippen LogP contribution in [0.15, 0.2) is 4.99 Å². The van der Waals surface area contributed by atoms with Crippen LogP contribution in [0, 0.1) is 11.8 Å². The molecule has 2 nitrogen and oxygen atoms in total. The van der Waals surface area contributed by atoms with Crippen molar-refractivity contribution in [3.05, 3.63) is 0 Å². The Balaban J connectivity index is 1.77. The molecule has 0 aromatic heterocycles. The summed E-state index contributed by atoms with van der Waals surface area (Å²) in [7, 11) is 0. The van der Waals surface area contributed by atoms with Gasteiger partial charge in [0.15, 0.2) is 5.17 Å². The summed E-state index contributed by atoms with van der Waals surface area (Å²) < 4.78 is 0. The molecule has 0 radical (unpaired) electrons. The van der Waals surface area contributed by atoms with E-state index in [1.54, 1.807) is 0 Å². The van der Waals surface area contributed by atoms with Crippen molar-refractivity contribution >= 4 is 28.7 Å². The summed E-state index contributed by atoms with van der Waals surface area (Å²) in [6.07, 6.45) is 1.36. The highest BCUT2D eigenvalue weighted by atomic mass is 32.2. The summed E-state index contributed by atoms with van der Waals surface area (Å²) in [4.78, 5) is 4.69. The van der Waals surface area contributed by atoms with Crippen LogP contribution in [0.2, 0.25) is 0 Å². The number of hydrogen-bond donors (Lipinski definition) is 1. The number of nitrogens with zero attached hydrogens (tertiary/aromatic N) is 1. The molecule has 2 atom stereocenters. The van der Waals surface area contributed by atoms with Crippen LogP contribution in [0.1, 0.15) is 20.3 Å². The number of aliphatic imine (C=N–C) groups is 1. The van der Waals surface area contributed by atoms with Gasteiger partial charge in [0.25, 0.3) is 0 Å². The van der Waals surface area contributed by atoms with E-state index in [-0.39, 0.29) is 0 Å². The minimum absolute atomic E-state index is 0.631. The van der Waals surface area contributed by atoms with Gasteiger partial charge in [-0.3, -0.25) is 4.99 Å². The highest BCUT2D eigenvalue weighted by Gasteiger charge is 2.23. The van der Waals surface area contributed by atoms with Crippen LogP contribution >= 0.6 is 23.5 Å². The number of thioether (sulfide) groups is 2. The Hall–Kier alpha value is 0.170. The lowest BCUT2D eigenvalue weighted by Crippen LogP contribution is -2.31. The lowest BCUT2D eigenvalue weighted by atomic mass is 10.1. The molecule has 0 bridgehead atoms. The summed E-state index contributed by atoms with van der Waals surface area (Å²) in [5, 5.41) is 4.71. The van der Waals surface area contributed by atoms with Crippen molar-refractivity contribution < 1.29 is 0 Å². The average molecular weight is 244 g/mol. The van der Waals surface area contributed by atoms with Crippen LogP contribution in [0.5, 0.6) is 0 Å². The summed E-state index contributed by atoms with van der Waals surface area (Å²) >= 11 is 3.97. The van der Waals surface area contributed by atoms with Crippen LogP contribution < -0.4 is 5.32 Å². The largest absolute Gasteiger partial charge is 0.361 e. The lowest BCUT2D eigenvalue weighted by Gasteiger charge is -2.13. The normalized spacial score (nSPS) is 33.9. The Morgan fingerprint density at radius 3 is 2.93 bits per heavy atom. The smallest absolute Gasteiger partial charge is 0.156 e. The minimum atomic E-state index is 0.631. The molecule has 0 aromatic rings. The van der Waals surface area contributed by atoms with E-state index in [9.17, 15) is 0 Å². The number of amidine groups is 1. The second-order valence-corrected chi connectivity index (χ2v) is 6.84. The van der Waals surface area contributed by atoms with E-state index in [0.29, 0.717) is 12.0 Å². The fourth-order valence-electron chi connectivity index (χ4n) is 1.80. The van der Waals surface area contributed by atoms with Gasteiger partial charge in [-0.15, -0.1) is 0 Å². The first-order valence-electron chi connectivity index (χ1n) is 5.77. The second-order valence-electron chi connectivity index (χ2n) is 4.68. The lowest BCUT2D eigenvalue weighted by molar-refractivity contribution is 0.502. The molecule has 2 aliphatic heterocycles. The van der Waals surface area contributed by atoms with Gasteiger partial charge >= 0.3 is 0 Å². The molecule has 2 fully saturated rings. The van der Waals surface area contributed by atoms with Crippen molar-refractivity contribution in [2.75, 3.05) is 23.8 Å². The van der Waals surface area contributed by atoms with Gasteiger partial charge in [0.05, 0.1) is 0 Å². The fraction of sp³-hybridized carbons (Fsp3) is 0.909. The molecular formula is C11H20N2S2. The van der Waals surface area contributed by atoms with Gasteiger partial charge in [-0.05, 0) is 29.8 Å². The third kappa shape index (κ3) is 3.31. The van der Waals surface area contributed by atoms with Crippen LogP contribution in [0.25, 0.3) is 0 Å². The SMILES string of the molecule is CC(C)C1CSC(=NCC2CCSC2)N1. The molecule has 0 amide bonds.